The highest BCUT2D eigenvalue weighted by Gasteiger charge is 2.26. The minimum absolute atomic E-state index is 0.135. The van der Waals surface area contributed by atoms with E-state index in [1.165, 1.54) is 6.07 Å². The molecule has 0 saturated carbocycles. The third kappa shape index (κ3) is 5.31. The summed E-state index contributed by atoms with van der Waals surface area (Å²) in [6, 6.07) is 11.6. The maximum atomic E-state index is 14.1. The first-order valence-electron chi connectivity index (χ1n) is 9.20. The first kappa shape index (κ1) is 21.2. The maximum Gasteiger partial charge on any atom is 0.375 e. The van der Waals surface area contributed by atoms with Gasteiger partial charge in [-0.15, -0.1) is 5.10 Å². The van der Waals surface area contributed by atoms with Gasteiger partial charge in [-0.05, 0) is 37.3 Å². The molecule has 9 heteroatoms. The largest absolute Gasteiger partial charge is 0.460 e. The second-order valence-electron chi connectivity index (χ2n) is 6.32. The number of nitrogens with zero attached hydrogens (tertiary/aromatic N) is 3. The number of esters is 1. The van der Waals surface area contributed by atoms with Crippen molar-refractivity contribution < 1.29 is 13.9 Å². The lowest BCUT2D eigenvalue weighted by atomic mass is 10.2. The van der Waals surface area contributed by atoms with E-state index in [0.29, 0.717) is 47.6 Å². The number of nitrogens with one attached hydrogen (secondary N) is 1. The number of anilines is 2. The molecular formula is C20H21Cl2FN4O2. The molecule has 2 aromatic rings. The predicted octanol–water partition coefficient (Wildman–Crippen LogP) is 4.24. The summed E-state index contributed by atoms with van der Waals surface area (Å²) >= 11 is 12.1. The average Bonchev–Trinajstić information content (AvgIpc) is 2.72. The molecule has 3 rings (SSSR count). The van der Waals surface area contributed by atoms with Gasteiger partial charge in [0.15, 0.2) is 0 Å². The van der Waals surface area contributed by atoms with Crippen LogP contribution in [0.3, 0.4) is 0 Å². The molecule has 0 aliphatic carbocycles. The van der Waals surface area contributed by atoms with Crippen LogP contribution in [0.25, 0.3) is 0 Å². The molecule has 0 radical (unpaired) electrons. The van der Waals surface area contributed by atoms with Crippen molar-refractivity contribution in [3.63, 3.8) is 0 Å². The van der Waals surface area contributed by atoms with Crippen molar-refractivity contribution in [2.24, 2.45) is 5.10 Å². The fraction of sp³-hybridized carbons (Fsp3) is 0.300. The lowest BCUT2D eigenvalue weighted by molar-refractivity contribution is -0.135. The second-order valence-corrected chi connectivity index (χ2v) is 7.16. The Bertz CT molecular complexity index is 902. The molecule has 0 atom stereocenters. The standard InChI is InChI=1S/C20H21Cl2FN4O2/c1-2-29-20(28)19(25-24-17-13-14(21)7-8-15(17)22)27-11-9-26(10-12-27)18-6-4-3-5-16(18)23/h3-8,13,24H,2,9-12H2,1H3/b25-19-. The van der Waals surface area contributed by atoms with Crippen LogP contribution >= 0.6 is 23.2 Å². The minimum Gasteiger partial charge on any atom is -0.460 e. The molecule has 1 aliphatic heterocycles. The molecule has 1 aliphatic rings. The molecule has 154 valence electrons. The summed E-state index contributed by atoms with van der Waals surface area (Å²) in [4.78, 5) is 16.2. The molecule has 29 heavy (non-hydrogen) atoms. The number of carbonyl (C=O) groups is 1. The van der Waals surface area contributed by atoms with Crippen molar-refractivity contribution >= 4 is 46.4 Å². The predicted molar refractivity (Wildman–Crippen MR) is 114 cm³/mol. The van der Waals surface area contributed by atoms with Crippen molar-refractivity contribution in [3.05, 3.63) is 58.3 Å². The van der Waals surface area contributed by atoms with Crippen molar-refractivity contribution in [1.82, 2.24) is 4.90 Å². The number of amidine groups is 1. The van der Waals surface area contributed by atoms with Crippen LogP contribution in [0.15, 0.2) is 47.6 Å². The van der Waals surface area contributed by atoms with Crippen LogP contribution < -0.4 is 10.3 Å². The number of piperazine rings is 1. The van der Waals surface area contributed by atoms with E-state index in [-0.39, 0.29) is 18.3 Å². The van der Waals surface area contributed by atoms with Gasteiger partial charge in [0.1, 0.15) is 5.82 Å². The smallest absolute Gasteiger partial charge is 0.375 e. The van der Waals surface area contributed by atoms with Gasteiger partial charge in [0.05, 0.1) is 23.0 Å². The van der Waals surface area contributed by atoms with E-state index in [0.717, 1.165) is 0 Å². The fourth-order valence-corrected chi connectivity index (χ4v) is 3.34. The highest BCUT2D eigenvalue weighted by molar-refractivity contribution is 6.36. The molecule has 1 fully saturated rings. The summed E-state index contributed by atoms with van der Waals surface area (Å²) < 4.78 is 19.2. The van der Waals surface area contributed by atoms with Crippen LogP contribution in [0.5, 0.6) is 0 Å². The van der Waals surface area contributed by atoms with Crippen molar-refractivity contribution in [1.29, 1.82) is 0 Å². The van der Waals surface area contributed by atoms with Gasteiger partial charge in [-0.3, -0.25) is 5.43 Å². The Hall–Kier alpha value is -2.51. The number of benzene rings is 2. The van der Waals surface area contributed by atoms with E-state index in [4.69, 9.17) is 27.9 Å². The first-order chi connectivity index (χ1) is 14.0. The van der Waals surface area contributed by atoms with Crippen molar-refractivity contribution in [2.75, 3.05) is 43.1 Å². The van der Waals surface area contributed by atoms with E-state index >= 15 is 0 Å². The zero-order valence-corrected chi connectivity index (χ0v) is 17.4. The molecule has 0 spiro atoms. The highest BCUT2D eigenvalue weighted by Crippen LogP contribution is 2.25. The zero-order chi connectivity index (χ0) is 20.8. The molecule has 1 heterocycles. The van der Waals surface area contributed by atoms with Crippen LogP contribution in [0.2, 0.25) is 10.0 Å². The third-order valence-corrected chi connectivity index (χ3v) is 5.01. The summed E-state index contributed by atoms with van der Waals surface area (Å²) in [6.45, 7) is 4.00. The Morgan fingerprint density at radius 2 is 1.90 bits per heavy atom. The van der Waals surface area contributed by atoms with Crippen molar-refractivity contribution in [3.8, 4) is 0 Å². The van der Waals surface area contributed by atoms with E-state index in [1.807, 2.05) is 4.90 Å². The van der Waals surface area contributed by atoms with E-state index in [1.54, 1.807) is 48.2 Å². The molecule has 2 aromatic carbocycles. The van der Waals surface area contributed by atoms with Crippen LogP contribution in [-0.4, -0.2) is 49.5 Å². The third-order valence-electron chi connectivity index (χ3n) is 4.44. The number of para-hydroxylation sites is 1. The van der Waals surface area contributed by atoms with E-state index in [9.17, 15) is 9.18 Å². The zero-order valence-electron chi connectivity index (χ0n) is 15.9. The lowest BCUT2D eigenvalue weighted by Gasteiger charge is -2.37. The number of hydrogen-bond donors (Lipinski definition) is 1. The Morgan fingerprint density at radius 1 is 1.17 bits per heavy atom. The Balaban J connectivity index is 1.75. The highest BCUT2D eigenvalue weighted by atomic mass is 35.5. The van der Waals surface area contributed by atoms with Gasteiger partial charge in [-0.25, -0.2) is 9.18 Å². The summed E-state index contributed by atoms with van der Waals surface area (Å²) in [6.07, 6.45) is 0. The van der Waals surface area contributed by atoms with Gasteiger partial charge >= 0.3 is 5.97 Å². The normalized spacial score (nSPS) is 14.7. The summed E-state index contributed by atoms with van der Waals surface area (Å²) in [5, 5.41) is 5.15. The first-order valence-corrected chi connectivity index (χ1v) is 9.95. The number of carbonyl (C=O) groups excluding carboxylic acids is 1. The summed E-state index contributed by atoms with van der Waals surface area (Å²) in [5.74, 6) is -0.675. The SMILES string of the molecule is CCOC(=O)/C(=N/Nc1cc(Cl)ccc1Cl)N1CCN(c2ccccc2F)CC1. The van der Waals surface area contributed by atoms with Gasteiger partial charge in [-0.2, -0.15) is 0 Å². The van der Waals surface area contributed by atoms with Crippen LogP contribution in [-0.2, 0) is 9.53 Å². The number of rotatable bonds is 4. The van der Waals surface area contributed by atoms with Crippen LogP contribution in [0.4, 0.5) is 15.8 Å². The van der Waals surface area contributed by atoms with Crippen LogP contribution in [0, 0.1) is 5.82 Å². The van der Waals surface area contributed by atoms with Gasteiger partial charge in [0.2, 0.25) is 5.84 Å². The van der Waals surface area contributed by atoms with E-state index < -0.39 is 5.97 Å². The molecule has 0 bridgehead atoms. The second kappa shape index (κ2) is 9.80. The van der Waals surface area contributed by atoms with Crippen molar-refractivity contribution in [2.45, 2.75) is 6.92 Å². The van der Waals surface area contributed by atoms with Gasteiger partial charge in [-0.1, -0.05) is 35.3 Å². The monoisotopic (exact) mass is 438 g/mol. The molecule has 0 unspecified atom stereocenters. The molecule has 0 amide bonds. The Morgan fingerprint density at radius 3 is 2.59 bits per heavy atom. The Kier molecular flexibility index (Phi) is 7.17. The molecule has 0 aromatic heterocycles. The molecule has 6 nitrogen and oxygen atoms in total. The van der Waals surface area contributed by atoms with E-state index in [2.05, 4.69) is 10.5 Å². The maximum absolute atomic E-state index is 14.1. The van der Waals surface area contributed by atoms with Gasteiger partial charge in [0.25, 0.3) is 0 Å². The lowest BCUT2D eigenvalue weighted by Crippen LogP contribution is -2.51. The van der Waals surface area contributed by atoms with Gasteiger partial charge in [0, 0.05) is 31.2 Å². The fourth-order valence-electron chi connectivity index (χ4n) is 3.00. The Labute approximate surface area is 178 Å². The van der Waals surface area contributed by atoms with Gasteiger partial charge < -0.3 is 14.5 Å². The number of hydrazone groups is 1. The summed E-state index contributed by atoms with van der Waals surface area (Å²) in [7, 11) is 0. The minimum atomic E-state index is -0.544. The number of halogens is 3. The quantitative estimate of drug-likeness (QED) is 0.334. The summed E-state index contributed by atoms with van der Waals surface area (Å²) in [5.41, 5.74) is 3.82. The molecular weight excluding hydrogens is 418 g/mol. The molecule has 1 N–H and O–H groups in total. The average molecular weight is 439 g/mol. The number of hydrogen-bond acceptors (Lipinski definition) is 5. The topological polar surface area (TPSA) is 57.2 Å². The number of ether oxygens (including phenoxy) is 1. The molecule has 1 saturated heterocycles. The van der Waals surface area contributed by atoms with Crippen LogP contribution in [0.1, 0.15) is 6.92 Å².